The summed E-state index contributed by atoms with van der Waals surface area (Å²) in [6.07, 6.45) is 9.83. The second-order valence-corrected chi connectivity index (χ2v) is 4.33. The topological polar surface area (TPSA) is 46.3 Å². The predicted molar refractivity (Wildman–Crippen MR) is 57.7 cm³/mol. The molecule has 0 aromatic carbocycles. The highest BCUT2D eigenvalue weighted by Crippen LogP contribution is 2.31. The van der Waals surface area contributed by atoms with Crippen molar-refractivity contribution in [1.29, 1.82) is 0 Å². The van der Waals surface area contributed by atoms with Crippen LogP contribution in [0.15, 0.2) is 10.7 Å². The van der Waals surface area contributed by atoms with Crippen molar-refractivity contribution >= 4 is 0 Å². The number of aromatic nitrogens is 1. The Labute approximate surface area is 90.5 Å². The second kappa shape index (κ2) is 5.31. The van der Waals surface area contributed by atoms with Gasteiger partial charge in [0.05, 0.1) is 5.69 Å². The van der Waals surface area contributed by atoms with Gasteiger partial charge in [-0.3, -0.25) is 0 Å². The molecule has 0 unspecified atom stereocenters. The van der Waals surface area contributed by atoms with E-state index in [1.165, 1.54) is 32.1 Å². The summed E-state index contributed by atoms with van der Waals surface area (Å²) in [4.78, 5) is 4.49. The van der Waals surface area contributed by atoms with E-state index in [9.17, 15) is 0 Å². The Bertz CT molecular complexity index is 290. The van der Waals surface area contributed by atoms with E-state index in [2.05, 4.69) is 4.98 Å². The lowest BCUT2D eigenvalue weighted by Crippen LogP contribution is -2.04. The minimum absolute atomic E-state index is 0.209. The molecule has 15 heavy (non-hydrogen) atoms. The smallest absolute Gasteiger partial charge is 0.194 e. The van der Waals surface area contributed by atoms with Gasteiger partial charge in [-0.2, -0.15) is 0 Å². The van der Waals surface area contributed by atoms with Crippen molar-refractivity contribution in [3.63, 3.8) is 0 Å². The first-order chi connectivity index (χ1) is 7.40. The first kappa shape index (κ1) is 10.7. The third-order valence-electron chi connectivity index (χ3n) is 3.14. The van der Waals surface area contributed by atoms with Crippen LogP contribution in [-0.4, -0.2) is 16.7 Å². The molecule has 1 aliphatic rings. The lowest BCUT2D eigenvalue weighted by molar-refractivity contribution is 0.283. The summed E-state index contributed by atoms with van der Waals surface area (Å²) < 4.78 is 5.40. The zero-order valence-corrected chi connectivity index (χ0v) is 9.11. The molecule has 1 saturated carbocycles. The van der Waals surface area contributed by atoms with Gasteiger partial charge in [0.15, 0.2) is 5.89 Å². The number of hydrogen-bond donors (Lipinski definition) is 1. The molecule has 1 aromatic rings. The highest BCUT2D eigenvalue weighted by molar-refractivity contribution is 5.05. The molecule has 1 aromatic heterocycles. The van der Waals surface area contributed by atoms with E-state index < -0.39 is 0 Å². The van der Waals surface area contributed by atoms with E-state index in [0.717, 1.165) is 24.4 Å². The molecule has 0 radical (unpaired) electrons. The Hall–Kier alpha value is -0.830. The Kier molecular flexibility index (Phi) is 3.78. The van der Waals surface area contributed by atoms with Crippen LogP contribution in [0.4, 0.5) is 0 Å². The van der Waals surface area contributed by atoms with Gasteiger partial charge in [-0.1, -0.05) is 19.3 Å². The molecule has 1 aliphatic carbocycles. The molecule has 1 N–H and O–H groups in total. The molecule has 2 rings (SSSR count). The molecule has 0 bridgehead atoms. The Morgan fingerprint density at radius 2 is 2.13 bits per heavy atom. The molecule has 0 aliphatic heterocycles. The number of aliphatic hydroxyl groups excluding tert-OH is 1. The van der Waals surface area contributed by atoms with Crippen molar-refractivity contribution < 1.29 is 9.52 Å². The highest BCUT2D eigenvalue weighted by Gasteiger charge is 2.18. The van der Waals surface area contributed by atoms with Gasteiger partial charge in [-0.15, -0.1) is 0 Å². The van der Waals surface area contributed by atoms with Gasteiger partial charge in [-0.05, 0) is 19.3 Å². The molecule has 1 fully saturated rings. The fraction of sp³-hybridized carbons (Fsp3) is 0.750. The van der Waals surface area contributed by atoms with E-state index in [0.29, 0.717) is 5.92 Å². The first-order valence-corrected chi connectivity index (χ1v) is 5.95. The third-order valence-corrected chi connectivity index (χ3v) is 3.14. The van der Waals surface area contributed by atoms with Crippen LogP contribution >= 0.6 is 0 Å². The average Bonchev–Trinajstić information content (AvgIpc) is 2.76. The first-order valence-electron chi connectivity index (χ1n) is 5.95. The Morgan fingerprint density at radius 1 is 1.33 bits per heavy atom. The van der Waals surface area contributed by atoms with Crippen LogP contribution in [0, 0.1) is 0 Å². The van der Waals surface area contributed by atoms with Crippen LogP contribution < -0.4 is 0 Å². The van der Waals surface area contributed by atoms with Gasteiger partial charge < -0.3 is 9.52 Å². The van der Waals surface area contributed by atoms with Crippen molar-refractivity contribution in [3.05, 3.63) is 17.8 Å². The van der Waals surface area contributed by atoms with Gasteiger partial charge in [0.1, 0.15) is 6.26 Å². The van der Waals surface area contributed by atoms with Crippen molar-refractivity contribution in [2.45, 2.75) is 50.9 Å². The lowest BCUT2D eigenvalue weighted by atomic mass is 9.87. The number of oxazole rings is 1. The number of rotatable bonds is 4. The van der Waals surface area contributed by atoms with Crippen LogP contribution in [0.2, 0.25) is 0 Å². The lowest BCUT2D eigenvalue weighted by Gasteiger charge is -2.18. The maximum atomic E-state index is 8.71. The van der Waals surface area contributed by atoms with Crippen LogP contribution in [-0.2, 0) is 6.42 Å². The fourth-order valence-electron chi connectivity index (χ4n) is 2.26. The SMILES string of the molecule is OCCCc1nc(C2CCCCC2)co1. The largest absolute Gasteiger partial charge is 0.449 e. The minimum Gasteiger partial charge on any atom is -0.449 e. The van der Waals surface area contributed by atoms with E-state index in [1.54, 1.807) is 0 Å². The molecular weight excluding hydrogens is 190 g/mol. The van der Waals surface area contributed by atoms with Gasteiger partial charge in [0.25, 0.3) is 0 Å². The minimum atomic E-state index is 0.209. The van der Waals surface area contributed by atoms with E-state index in [1.807, 2.05) is 6.26 Å². The molecule has 0 atom stereocenters. The molecule has 0 saturated heterocycles. The van der Waals surface area contributed by atoms with E-state index >= 15 is 0 Å². The summed E-state index contributed by atoms with van der Waals surface area (Å²) in [6.45, 7) is 0.209. The quantitative estimate of drug-likeness (QED) is 0.829. The zero-order valence-electron chi connectivity index (χ0n) is 9.11. The van der Waals surface area contributed by atoms with Crippen LogP contribution in [0.1, 0.15) is 56.0 Å². The molecule has 0 spiro atoms. The predicted octanol–water partition coefficient (Wildman–Crippen LogP) is 2.65. The molecule has 84 valence electrons. The number of aryl methyl sites for hydroxylation is 1. The van der Waals surface area contributed by atoms with Crippen LogP contribution in [0.3, 0.4) is 0 Å². The summed E-state index contributed by atoms with van der Waals surface area (Å²) in [5.41, 5.74) is 1.13. The summed E-state index contributed by atoms with van der Waals surface area (Å²) in [7, 11) is 0. The molecular formula is C12H19NO2. The molecule has 3 heteroatoms. The van der Waals surface area contributed by atoms with Gasteiger partial charge in [-0.25, -0.2) is 4.98 Å². The number of nitrogens with zero attached hydrogens (tertiary/aromatic N) is 1. The van der Waals surface area contributed by atoms with Gasteiger partial charge >= 0.3 is 0 Å². The Morgan fingerprint density at radius 3 is 2.87 bits per heavy atom. The normalized spacial score (nSPS) is 18.2. The molecule has 0 amide bonds. The van der Waals surface area contributed by atoms with Crippen molar-refractivity contribution in [2.75, 3.05) is 6.61 Å². The summed E-state index contributed by atoms with van der Waals surface area (Å²) >= 11 is 0. The van der Waals surface area contributed by atoms with Crippen molar-refractivity contribution in [3.8, 4) is 0 Å². The summed E-state index contributed by atoms with van der Waals surface area (Å²) in [5.74, 6) is 1.40. The highest BCUT2D eigenvalue weighted by atomic mass is 16.3. The standard InChI is InChI=1S/C12H19NO2/c14-8-4-7-12-13-11(9-15-12)10-5-2-1-3-6-10/h9-10,14H,1-8H2. The van der Waals surface area contributed by atoms with Crippen molar-refractivity contribution in [1.82, 2.24) is 4.98 Å². The maximum Gasteiger partial charge on any atom is 0.194 e. The monoisotopic (exact) mass is 209 g/mol. The summed E-state index contributed by atoms with van der Waals surface area (Å²) in [5, 5.41) is 8.71. The average molecular weight is 209 g/mol. The fourth-order valence-corrected chi connectivity index (χ4v) is 2.26. The second-order valence-electron chi connectivity index (χ2n) is 4.33. The van der Waals surface area contributed by atoms with E-state index in [4.69, 9.17) is 9.52 Å². The van der Waals surface area contributed by atoms with E-state index in [-0.39, 0.29) is 6.61 Å². The van der Waals surface area contributed by atoms with Gasteiger partial charge in [0.2, 0.25) is 0 Å². The van der Waals surface area contributed by atoms with Crippen molar-refractivity contribution in [2.24, 2.45) is 0 Å². The maximum absolute atomic E-state index is 8.71. The Balaban J connectivity index is 1.93. The molecule has 1 heterocycles. The number of hydrogen-bond acceptors (Lipinski definition) is 3. The number of aliphatic hydroxyl groups is 1. The van der Waals surface area contributed by atoms with Crippen LogP contribution in [0.5, 0.6) is 0 Å². The molecule has 3 nitrogen and oxygen atoms in total. The zero-order chi connectivity index (χ0) is 10.5. The van der Waals surface area contributed by atoms with Gasteiger partial charge in [0, 0.05) is 18.9 Å². The summed E-state index contributed by atoms with van der Waals surface area (Å²) in [6, 6.07) is 0. The third kappa shape index (κ3) is 2.81. The van der Waals surface area contributed by atoms with Crippen LogP contribution in [0.25, 0.3) is 0 Å².